The summed E-state index contributed by atoms with van der Waals surface area (Å²) in [7, 11) is 8.43. The molecule has 174 valence electrons. The summed E-state index contributed by atoms with van der Waals surface area (Å²) < 4.78 is 15.6. The van der Waals surface area contributed by atoms with Gasteiger partial charge < -0.3 is 24.0 Å². The summed E-state index contributed by atoms with van der Waals surface area (Å²) in [5, 5.41) is 0. The van der Waals surface area contributed by atoms with E-state index in [4.69, 9.17) is 14.2 Å². The van der Waals surface area contributed by atoms with Crippen LogP contribution in [0.1, 0.15) is 18.1 Å². The number of hydrogen-bond donors (Lipinski definition) is 0. The van der Waals surface area contributed by atoms with E-state index >= 15 is 0 Å². The van der Waals surface area contributed by atoms with Crippen LogP contribution >= 0.6 is 0 Å². The van der Waals surface area contributed by atoms with Gasteiger partial charge in [0.2, 0.25) is 0 Å². The van der Waals surface area contributed by atoms with Crippen molar-refractivity contribution in [3.05, 3.63) is 70.4 Å². The summed E-state index contributed by atoms with van der Waals surface area (Å²) in [6.45, 7) is 2.19. The number of nitrogens with zero attached hydrogens (tertiary/aromatic N) is 2. The zero-order valence-corrected chi connectivity index (χ0v) is 20.0. The van der Waals surface area contributed by atoms with Gasteiger partial charge in [0.25, 0.3) is 5.91 Å². The molecule has 7 nitrogen and oxygen atoms in total. The highest BCUT2D eigenvalue weighted by Crippen LogP contribution is 2.33. The Hall–Kier alpha value is -3.74. The Balaban J connectivity index is 1.88. The van der Waals surface area contributed by atoms with Crippen LogP contribution < -0.4 is 14.4 Å². The molecule has 7 heteroatoms. The molecule has 0 spiro atoms. The molecule has 0 N–H and O–H groups in total. The molecule has 0 radical (unpaired) electrons. The standard InChI is InChI=1S/C26H30N2O5/c1-17-24(26(30)33-6)21(15-18-7-10-20(11-8-18)27(2)3)25(29)28(17)14-13-19-9-12-22(31-4)23(16-19)32-5/h7-12,15-16H,13-14H2,1-6H3/b21-15-. The molecule has 0 saturated heterocycles. The lowest BCUT2D eigenvalue weighted by Crippen LogP contribution is -2.27. The molecule has 1 heterocycles. The van der Waals surface area contributed by atoms with E-state index in [9.17, 15) is 9.59 Å². The molecule has 0 aliphatic carbocycles. The second kappa shape index (κ2) is 10.3. The molecule has 3 rings (SSSR count). The van der Waals surface area contributed by atoms with Gasteiger partial charge in [-0.25, -0.2) is 4.79 Å². The number of rotatable bonds is 8. The summed E-state index contributed by atoms with van der Waals surface area (Å²) in [5.74, 6) is 0.538. The second-order valence-corrected chi connectivity index (χ2v) is 7.89. The number of carbonyl (C=O) groups excluding carboxylic acids is 2. The summed E-state index contributed by atoms with van der Waals surface area (Å²) in [6.07, 6.45) is 2.33. The smallest absolute Gasteiger partial charge is 0.340 e. The SMILES string of the molecule is COC(=O)C1=C(C)N(CCc2ccc(OC)c(OC)c2)C(=O)/C1=C\c1ccc(N(C)C)cc1. The summed E-state index contributed by atoms with van der Waals surface area (Å²) >= 11 is 0. The van der Waals surface area contributed by atoms with Crippen molar-refractivity contribution < 1.29 is 23.8 Å². The summed E-state index contributed by atoms with van der Waals surface area (Å²) in [4.78, 5) is 29.5. The lowest BCUT2D eigenvalue weighted by atomic mass is 10.0. The van der Waals surface area contributed by atoms with Crippen LogP contribution in [0, 0.1) is 0 Å². The topological polar surface area (TPSA) is 68.3 Å². The van der Waals surface area contributed by atoms with Crippen molar-refractivity contribution in [2.45, 2.75) is 13.3 Å². The third-order valence-corrected chi connectivity index (χ3v) is 5.69. The van der Waals surface area contributed by atoms with E-state index in [-0.39, 0.29) is 5.91 Å². The molecule has 0 aromatic heterocycles. The first-order valence-corrected chi connectivity index (χ1v) is 10.6. The number of anilines is 1. The number of benzene rings is 2. The number of hydrogen-bond acceptors (Lipinski definition) is 6. The monoisotopic (exact) mass is 450 g/mol. The van der Waals surface area contributed by atoms with Gasteiger partial charge in [0.1, 0.15) is 0 Å². The molecular weight excluding hydrogens is 420 g/mol. The van der Waals surface area contributed by atoms with Crippen LogP contribution in [0.5, 0.6) is 11.5 Å². The number of methoxy groups -OCH3 is 3. The molecule has 0 atom stereocenters. The number of carbonyl (C=O) groups is 2. The van der Waals surface area contributed by atoms with E-state index in [0.717, 1.165) is 16.8 Å². The Kier molecular flexibility index (Phi) is 7.43. The minimum absolute atomic E-state index is 0.218. The predicted octanol–water partition coefficient (Wildman–Crippen LogP) is 3.69. The minimum atomic E-state index is -0.523. The molecule has 1 aliphatic heterocycles. The highest BCUT2D eigenvalue weighted by Gasteiger charge is 2.36. The second-order valence-electron chi connectivity index (χ2n) is 7.89. The van der Waals surface area contributed by atoms with E-state index in [2.05, 4.69) is 0 Å². The van der Waals surface area contributed by atoms with Crippen molar-refractivity contribution >= 4 is 23.6 Å². The molecular formula is C26H30N2O5. The fraction of sp³-hybridized carbons (Fsp3) is 0.308. The largest absolute Gasteiger partial charge is 0.493 e. The third-order valence-electron chi connectivity index (χ3n) is 5.69. The van der Waals surface area contributed by atoms with E-state index in [1.807, 2.05) is 61.5 Å². The van der Waals surface area contributed by atoms with Gasteiger partial charge in [-0.15, -0.1) is 0 Å². The number of allylic oxidation sites excluding steroid dienone is 1. The molecule has 0 fully saturated rings. The zero-order valence-electron chi connectivity index (χ0n) is 20.0. The Morgan fingerprint density at radius 1 is 1.00 bits per heavy atom. The lowest BCUT2D eigenvalue weighted by Gasteiger charge is -2.18. The van der Waals surface area contributed by atoms with Crippen LogP contribution in [0.3, 0.4) is 0 Å². The van der Waals surface area contributed by atoms with Gasteiger partial charge in [0.05, 0.1) is 32.5 Å². The highest BCUT2D eigenvalue weighted by molar-refractivity contribution is 6.16. The van der Waals surface area contributed by atoms with Gasteiger partial charge in [-0.05, 0) is 54.8 Å². The maximum absolute atomic E-state index is 13.3. The van der Waals surface area contributed by atoms with Crippen molar-refractivity contribution in [2.24, 2.45) is 0 Å². The fourth-order valence-electron chi connectivity index (χ4n) is 3.81. The van der Waals surface area contributed by atoms with Crippen molar-refractivity contribution in [1.82, 2.24) is 4.90 Å². The van der Waals surface area contributed by atoms with Crippen LogP contribution in [-0.2, 0) is 20.7 Å². The first-order valence-electron chi connectivity index (χ1n) is 10.6. The zero-order chi connectivity index (χ0) is 24.1. The molecule has 0 unspecified atom stereocenters. The molecule has 1 amide bonds. The fourth-order valence-corrected chi connectivity index (χ4v) is 3.81. The Morgan fingerprint density at radius 2 is 1.67 bits per heavy atom. The average Bonchev–Trinajstić information content (AvgIpc) is 3.05. The number of amides is 1. The van der Waals surface area contributed by atoms with Gasteiger partial charge in [-0.2, -0.15) is 0 Å². The van der Waals surface area contributed by atoms with Crippen molar-refractivity contribution in [1.29, 1.82) is 0 Å². The molecule has 33 heavy (non-hydrogen) atoms. The molecule has 2 aromatic carbocycles. The average molecular weight is 451 g/mol. The molecule has 2 aromatic rings. The van der Waals surface area contributed by atoms with Crippen LogP contribution in [-0.4, -0.2) is 58.7 Å². The summed E-state index contributed by atoms with van der Waals surface area (Å²) in [5.41, 5.74) is 4.09. The highest BCUT2D eigenvalue weighted by atomic mass is 16.5. The molecule has 0 bridgehead atoms. The normalized spacial score (nSPS) is 14.7. The van der Waals surface area contributed by atoms with Gasteiger partial charge in [0.15, 0.2) is 11.5 Å². The Bertz CT molecular complexity index is 1100. The third kappa shape index (κ3) is 5.03. The van der Waals surface area contributed by atoms with Crippen molar-refractivity contribution in [2.75, 3.05) is 46.9 Å². The number of ether oxygens (including phenoxy) is 3. The summed E-state index contributed by atoms with van der Waals surface area (Å²) in [6, 6.07) is 13.4. The van der Waals surface area contributed by atoms with E-state index in [1.165, 1.54) is 7.11 Å². The van der Waals surface area contributed by atoms with Gasteiger partial charge in [0, 0.05) is 32.0 Å². The van der Waals surface area contributed by atoms with Crippen molar-refractivity contribution in [3.8, 4) is 11.5 Å². The Morgan fingerprint density at radius 3 is 2.24 bits per heavy atom. The van der Waals surface area contributed by atoms with Crippen LogP contribution in [0.2, 0.25) is 0 Å². The quantitative estimate of drug-likeness (QED) is 0.451. The van der Waals surface area contributed by atoms with Gasteiger partial charge in [-0.3, -0.25) is 4.79 Å². The first kappa shape index (κ1) is 23.9. The number of esters is 1. The Labute approximate surface area is 194 Å². The van der Waals surface area contributed by atoms with Crippen LogP contribution in [0.25, 0.3) is 6.08 Å². The van der Waals surface area contributed by atoms with Crippen molar-refractivity contribution in [3.63, 3.8) is 0 Å². The van der Waals surface area contributed by atoms with Crippen LogP contribution in [0.15, 0.2) is 59.3 Å². The first-order chi connectivity index (χ1) is 15.8. The van der Waals surface area contributed by atoms with E-state index in [1.54, 1.807) is 32.1 Å². The minimum Gasteiger partial charge on any atom is -0.493 e. The molecule has 1 aliphatic rings. The maximum atomic E-state index is 13.3. The predicted molar refractivity (Wildman–Crippen MR) is 128 cm³/mol. The van der Waals surface area contributed by atoms with Gasteiger partial charge in [-0.1, -0.05) is 18.2 Å². The van der Waals surface area contributed by atoms with E-state index < -0.39 is 5.97 Å². The van der Waals surface area contributed by atoms with E-state index in [0.29, 0.717) is 41.3 Å². The van der Waals surface area contributed by atoms with Gasteiger partial charge >= 0.3 is 5.97 Å². The molecule has 0 saturated carbocycles. The maximum Gasteiger partial charge on any atom is 0.340 e. The van der Waals surface area contributed by atoms with Crippen LogP contribution in [0.4, 0.5) is 5.69 Å². The lowest BCUT2D eigenvalue weighted by molar-refractivity contribution is -0.136.